The van der Waals surface area contributed by atoms with Crippen LogP contribution in [0.1, 0.15) is 10.5 Å². The first-order valence-corrected chi connectivity index (χ1v) is 11.5. The lowest BCUT2D eigenvalue weighted by Crippen LogP contribution is -2.50. The van der Waals surface area contributed by atoms with Gasteiger partial charge in [0, 0.05) is 37.1 Å². The number of carbonyl (C=O) groups excluding carboxylic acids is 1. The average Bonchev–Trinajstić information content (AvgIpc) is 3.25. The van der Waals surface area contributed by atoms with Gasteiger partial charge in [-0.25, -0.2) is 26.6 Å². The standard InChI is InChI=1S/C20H16F3N3O3S2/c21-15-4-2-1-3-14(15)19-24-18(12-30-19)20(27)25-7-9-26(10-8-25)31(28,29)13-5-6-16(22)17(23)11-13/h1-6,11-12H,7-10H2. The normalized spacial score (nSPS) is 15.3. The molecule has 0 saturated carbocycles. The highest BCUT2D eigenvalue weighted by Crippen LogP contribution is 2.27. The van der Waals surface area contributed by atoms with Crippen LogP contribution in [-0.2, 0) is 10.0 Å². The lowest BCUT2D eigenvalue weighted by atomic mass is 10.2. The van der Waals surface area contributed by atoms with Crippen LogP contribution in [0.25, 0.3) is 10.6 Å². The van der Waals surface area contributed by atoms with Gasteiger partial charge in [-0.15, -0.1) is 11.3 Å². The van der Waals surface area contributed by atoms with Crippen LogP contribution in [-0.4, -0.2) is 54.7 Å². The minimum absolute atomic E-state index is 0.00260. The number of carbonyl (C=O) groups is 1. The molecule has 0 unspecified atom stereocenters. The van der Waals surface area contributed by atoms with Gasteiger partial charge in [0.2, 0.25) is 10.0 Å². The molecular weight excluding hydrogens is 451 g/mol. The lowest BCUT2D eigenvalue weighted by molar-refractivity contribution is 0.0693. The summed E-state index contributed by atoms with van der Waals surface area (Å²) in [4.78, 5) is 18.1. The summed E-state index contributed by atoms with van der Waals surface area (Å²) in [6.45, 7) is 0.206. The summed E-state index contributed by atoms with van der Waals surface area (Å²) in [6.07, 6.45) is 0. The average molecular weight is 467 g/mol. The smallest absolute Gasteiger partial charge is 0.273 e. The molecule has 1 saturated heterocycles. The number of thiazole rings is 1. The third kappa shape index (κ3) is 4.21. The lowest BCUT2D eigenvalue weighted by Gasteiger charge is -2.33. The van der Waals surface area contributed by atoms with E-state index in [1.54, 1.807) is 18.2 Å². The quantitative estimate of drug-likeness (QED) is 0.590. The molecule has 4 rings (SSSR count). The zero-order chi connectivity index (χ0) is 22.2. The second kappa shape index (κ2) is 8.40. The van der Waals surface area contributed by atoms with Crippen LogP contribution < -0.4 is 0 Å². The fourth-order valence-corrected chi connectivity index (χ4v) is 5.47. The molecule has 31 heavy (non-hydrogen) atoms. The monoisotopic (exact) mass is 467 g/mol. The van der Waals surface area contributed by atoms with Crippen LogP contribution in [0.2, 0.25) is 0 Å². The Balaban J connectivity index is 1.45. The summed E-state index contributed by atoms with van der Waals surface area (Å²) in [5.74, 6) is -3.20. The summed E-state index contributed by atoms with van der Waals surface area (Å²) in [7, 11) is -4.02. The number of benzene rings is 2. The molecule has 2 aromatic carbocycles. The van der Waals surface area contributed by atoms with Gasteiger partial charge in [-0.1, -0.05) is 12.1 Å². The van der Waals surface area contributed by atoms with Gasteiger partial charge in [0.1, 0.15) is 16.5 Å². The first-order valence-electron chi connectivity index (χ1n) is 9.22. The van der Waals surface area contributed by atoms with E-state index in [0.29, 0.717) is 16.6 Å². The molecule has 3 aromatic rings. The number of halogens is 3. The number of aromatic nitrogens is 1. The summed E-state index contributed by atoms with van der Waals surface area (Å²) in [6, 6.07) is 8.53. The van der Waals surface area contributed by atoms with Gasteiger partial charge < -0.3 is 4.90 Å². The molecule has 0 N–H and O–H groups in total. The molecule has 1 aromatic heterocycles. The van der Waals surface area contributed by atoms with Crippen molar-refractivity contribution in [3.8, 4) is 10.6 Å². The third-order valence-electron chi connectivity index (χ3n) is 4.88. The second-order valence-corrected chi connectivity index (χ2v) is 9.59. The molecule has 162 valence electrons. The van der Waals surface area contributed by atoms with E-state index in [4.69, 9.17) is 0 Å². The third-order valence-corrected chi connectivity index (χ3v) is 7.65. The molecule has 6 nitrogen and oxygen atoms in total. The number of piperazine rings is 1. The predicted octanol–water partition coefficient (Wildman–Crippen LogP) is 3.37. The van der Waals surface area contributed by atoms with Gasteiger partial charge in [-0.2, -0.15) is 4.31 Å². The number of sulfonamides is 1. The molecule has 1 fully saturated rings. The molecular formula is C20H16F3N3O3S2. The molecule has 0 bridgehead atoms. The van der Waals surface area contributed by atoms with Crippen LogP contribution in [0.15, 0.2) is 52.7 Å². The maximum Gasteiger partial charge on any atom is 0.273 e. The van der Waals surface area contributed by atoms with E-state index in [1.807, 2.05) is 0 Å². The SMILES string of the molecule is O=C(c1csc(-c2ccccc2F)n1)N1CCN(S(=O)(=O)c2ccc(F)c(F)c2)CC1. The van der Waals surface area contributed by atoms with Crippen LogP contribution in [0.5, 0.6) is 0 Å². The van der Waals surface area contributed by atoms with E-state index in [9.17, 15) is 26.4 Å². The highest BCUT2D eigenvalue weighted by Gasteiger charge is 2.31. The van der Waals surface area contributed by atoms with Gasteiger partial charge in [0.25, 0.3) is 5.91 Å². The summed E-state index contributed by atoms with van der Waals surface area (Å²) < 4.78 is 67.0. The molecule has 0 spiro atoms. The highest BCUT2D eigenvalue weighted by atomic mass is 32.2. The largest absolute Gasteiger partial charge is 0.335 e. The zero-order valence-electron chi connectivity index (χ0n) is 16.0. The highest BCUT2D eigenvalue weighted by molar-refractivity contribution is 7.89. The number of hydrogen-bond acceptors (Lipinski definition) is 5. The van der Waals surface area contributed by atoms with Crippen molar-refractivity contribution < 1.29 is 26.4 Å². The summed E-state index contributed by atoms with van der Waals surface area (Å²) in [5.41, 5.74) is 0.453. The Labute approximate surface area is 180 Å². The van der Waals surface area contributed by atoms with Crippen molar-refractivity contribution >= 4 is 27.3 Å². The molecule has 1 amide bonds. The van der Waals surface area contributed by atoms with Gasteiger partial charge in [0.05, 0.1) is 4.90 Å². The Hall–Kier alpha value is -2.76. The predicted molar refractivity (Wildman–Crippen MR) is 109 cm³/mol. The molecule has 1 aliphatic heterocycles. The molecule has 11 heteroatoms. The zero-order valence-corrected chi connectivity index (χ0v) is 17.6. The molecule has 0 radical (unpaired) electrons. The number of amides is 1. The summed E-state index contributed by atoms with van der Waals surface area (Å²) in [5, 5.41) is 1.91. The summed E-state index contributed by atoms with van der Waals surface area (Å²) >= 11 is 1.14. The van der Waals surface area contributed by atoms with Crippen molar-refractivity contribution in [1.82, 2.24) is 14.2 Å². The fourth-order valence-electron chi connectivity index (χ4n) is 3.21. The van der Waals surface area contributed by atoms with Gasteiger partial charge in [-0.3, -0.25) is 4.79 Å². The van der Waals surface area contributed by atoms with Crippen LogP contribution in [0.3, 0.4) is 0 Å². The van der Waals surface area contributed by atoms with E-state index < -0.39 is 27.5 Å². The Kier molecular flexibility index (Phi) is 5.82. The van der Waals surface area contributed by atoms with Gasteiger partial charge in [-0.05, 0) is 30.3 Å². The van der Waals surface area contributed by atoms with Crippen LogP contribution in [0, 0.1) is 17.5 Å². The molecule has 1 aliphatic rings. The minimum atomic E-state index is -4.02. The van der Waals surface area contributed by atoms with Crippen molar-refractivity contribution in [1.29, 1.82) is 0 Å². The number of nitrogens with zero attached hydrogens (tertiary/aromatic N) is 3. The Morgan fingerprint density at radius 2 is 1.65 bits per heavy atom. The maximum atomic E-state index is 13.9. The molecule has 0 aliphatic carbocycles. The second-order valence-electron chi connectivity index (χ2n) is 6.79. The van der Waals surface area contributed by atoms with Crippen molar-refractivity contribution in [2.24, 2.45) is 0 Å². The Bertz CT molecular complexity index is 1240. The van der Waals surface area contributed by atoms with Crippen molar-refractivity contribution in [3.05, 3.63) is 71.0 Å². The molecule has 0 atom stereocenters. The van der Waals surface area contributed by atoms with E-state index in [2.05, 4.69) is 4.98 Å². The maximum absolute atomic E-state index is 13.9. The van der Waals surface area contributed by atoms with Crippen molar-refractivity contribution in [2.75, 3.05) is 26.2 Å². The minimum Gasteiger partial charge on any atom is -0.335 e. The van der Waals surface area contributed by atoms with Crippen LogP contribution in [0.4, 0.5) is 13.2 Å². The number of hydrogen-bond donors (Lipinski definition) is 0. The van der Waals surface area contributed by atoms with E-state index in [1.165, 1.54) is 16.3 Å². The number of rotatable bonds is 4. The van der Waals surface area contributed by atoms with E-state index in [-0.39, 0.29) is 42.7 Å². The topological polar surface area (TPSA) is 70.6 Å². The van der Waals surface area contributed by atoms with Crippen molar-refractivity contribution in [3.63, 3.8) is 0 Å². The van der Waals surface area contributed by atoms with E-state index >= 15 is 0 Å². The first-order chi connectivity index (χ1) is 14.8. The van der Waals surface area contributed by atoms with Gasteiger partial charge in [0.15, 0.2) is 11.6 Å². The van der Waals surface area contributed by atoms with Crippen LogP contribution >= 0.6 is 11.3 Å². The van der Waals surface area contributed by atoms with Gasteiger partial charge >= 0.3 is 0 Å². The van der Waals surface area contributed by atoms with E-state index in [0.717, 1.165) is 27.8 Å². The fraction of sp³-hybridized carbons (Fsp3) is 0.200. The Morgan fingerprint density at radius 1 is 0.935 bits per heavy atom. The molecule has 2 heterocycles. The first kappa shape index (κ1) is 21.5. The van der Waals surface area contributed by atoms with Crippen molar-refractivity contribution in [2.45, 2.75) is 4.90 Å². The Morgan fingerprint density at radius 3 is 2.32 bits per heavy atom.